The van der Waals surface area contributed by atoms with Crippen molar-refractivity contribution >= 4 is 34.0 Å². The van der Waals surface area contributed by atoms with Crippen molar-refractivity contribution < 1.29 is 13.2 Å². The highest BCUT2D eigenvalue weighted by Gasteiger charge is 2.20. The maximum Gasteiger partial charge on any atom is 0.238 e. The smallest absolute Gasteiger partial charge is 0.238 e. The van der Waals surface area contributed by atoms with Gasteiger partial charge in [0, 0.05) is 11.6 Å². The number of carbonyl (C=O) groups is 1. The predicted molar refractivity (Wildman–Crippen MR) is 79.3 cm³/mol. The number of rotatable bonds is 3. The minimum atomic E-state index is -3.69. The molecule has 0 bridgehead atoms. The lowest BCUT2D eigenvalue weighted by Crippen LogP contribution is -2.34. The Balaban J connectivity index is 0.00000200. The largest absolute Gasteiger partial charge is 0.326 e. The molecule has 0 spiro atoms. The average molecular weight is 320 g/mol. The fraction of sp³-hybridized carbons (Fsp3) is 0.417. The lowest BCUT2D eigenvalue weighted by Gasteiger charge is -2.21. The molecule has 0 unspecified atom stereocenters. The summed E-state index contributed by atoms with van der Waals surface area (Å²) in [6, 6.07) is 5.85. The Bertz CT molecular complexity index is 554. The number of amides is 1. The molecule has 0 radical (unpaired) electrons. The van der Waals surface area contributed by atoms with Gasteiger partial charge in [0.25, 0.3) is 0 Å². The number of nitrogens with one attached hydrogen (secondary N) is 2. The SMILES string of the molecule is Cl.NS(=O)(=O)c1ccc(NC(=O)C2CCNCC2)cc1. The number of hydrogen-bond donors (Lipinski definition) is 3. The Morgan fingerprint density at radius 3 is 2.25 bits per heavy atom. The van der Waals surface area contributed by atoms with Crippen LogP contribution in [0.3, 0.4) is 0 Å². The first-order valence-corrected chi connectivity index (χ1v) is 7.66. The third kappa shape index (κ3) is 4.45. The van der Waals surface area contributed by atoms with E-state index in [1.165, 1.54) is 12.1 Å². The quantitative estimate of drug-likeness (QED) is 0.763. The number of nitrogens with two attached hydrogens (primary N) is 1. The highest BCUT2D eigenvalue weighted by Crippen LogP contribution is 2.17. The van der Waals surface area contributed by atoms with Crippen molar-refractivity contribution in [2.45, 2.75) is 17.7 Å². The molecule has 1 aliphatic heterocycles. The van der Waals surface area contributed by atoms with Gasteiger partial charge in [-0.3, -0.25) is 4.79 Å². The molecule has 2 rings (SSSR count). The number of sulfonamides is 1. The summed E-state index contributed by atoms with van der Waals surface area (Å²) >= 11 is 0. The van der Waals surface area contributed by atoms with Gasteiger partial charge in [-0.25, -0.2) is 13.6 Å². The van der Waals surface area contributed by atoms with Crippen LogP contribution in [0.5, 0.6) is 0 Å². The van der Waals surface area contributed by atoms with Gasteiger partial charge in [-0.2, -0.15) is 0 Å². The Morgan fingerprint density at radius 2 is 1.75 bits per heavy atom. The molecular formula is C12H18ClN3O3S. The molecule has 8 heteroatoms. The number of anilines is 1. The second kappa shape index (κ2) is 7.03. The Morgan fingerprint density at radius 1 is 1.20 bits per heavy atom. The van der Waals surface area contributed by atoms with E-state index in [1.807, 2.05) is 0 Å². The number of primary sulfonamides is 1. The highest BCUT2D eigenvalue weighted by atomic mass is 35.5. The van der Waals surface area contributed by atoms with E-state index >= 15 is 0 Å². The highest BCUT2D eigenvalue weighted by molar-refractivity contribution is 7.89. The first-order chi connectivity index (χ1) is 8.97. The lowest BCUT2D eigenvalue weighted by molar-refractivity contribution is -0.120. The lowest BCUT2D eigenvalue weighted by atomic mass is 9.97. The summed E-state index contributed by atoms with van der Waals surface area (Å²) in [5, 5.41) is 11.0. The van der Waals surface area contributed by atoms with E-state index in [9.17, 15) is 13.2 Å². The van der Waals surface area contributed by atoms with Crippen LogP contribution in [0, 0.1) is 5.92 Å². The molecule has 0 atom stereocenters. The van der Waals surface area contributed by atoms with Crippen LogP contribution in [0.25, 0.3) is 0 Å². The Labute approximate surface area is 124 Å². The van der Waals surface area contributed by atoms with Gasteiger partial charge >= 0.3 is 0 Å². The molecule has 1 fully saturated rings. The molecule has 1 aromatic carbocycles. The van der Waals surface area contributed by atoms with E-state index < -0.39 is 10.0 Å². The number of piperidine rings is 1. The van der Waals surface area contributed by atoms with Crippen LogP contribution in [0.2, 0.25) is 0 Å². The summed E-state index contributed by atoms with van der Waals surface area (Å²) in [6.07, 6.45) is 1.64. The molecule has 0 saturated carbocycles. The molecule has 20 heavy (non-hydrogen) atoms. The normalized spacial score (nSPS) is 16.2. The number of halogens is 1. The molecule has 4 N–H and O–H groups in total. The summed E-state index contributed by atoms with van der Waals surface area (Å²) < 4.78 is 22.2. The van der Waals surface area contributed by atoms with Crippen LogP contribution < -0.4 is 15.8 Å². The van der Waals surface area contributed by atoms with Gasteiger partial charge in [0.2, 0.25) is 15.9 Å². The number of benzene rings is 1. The summed E-state index contributed by atoms with van der Waals surface area (Å²) in [6.45, 7) is 1.70. The first kappa shape index (κ1) is 16.9. The zero-order valence-corrected chi connectivity index (χ0v) is 12.5. The van der Waals surface area contributed by atoms with Gasteiger partial charge in [0.05, 0.1) is 4.90 Å². The van der Waals surface area contributed by atoms with Gasteiger partial charge in [0.1, 0.15) is 0 Å². The molecule has 0 aromatic heterocycles. The van der Waals surface area contributed by atoms with Crippen molar-refractivity contribution in [2.75, 3.05) is 18.4 Å². The zero-order chi connectivity index (χ0) is 13.9. The second-order valence-electron chi connectivity index (χ2n) is 4.58. The van der Waals surface area contributed by atoms with Crippen LogP contribution in [0.4, 0.5) is 5.69 Å². The molecule has 1 heterocycles. The van der Waals surface area contributed by atoms with E-state index in [1.54, 1.807) is 12.1 Å². The standard InChI is InChI=1S/C12H17N3O3S.ClH/c13-19(17,18)11-3-1-10(2-4-11)15-12(16)9-5-7-14-8-6-9;/h1-4,9,14H,5-8H2,(H,15,16)(H2,13,17,18);1H. The molecule has 1 aliphatic rings. The summed E-state index contributed by atoms with van der Waals surface area (Å²) in [5.41, 5.74) is 0.580. The third-order valence-corrected chi connectivity index (χ3v) is 4.09. The van der Waals surface area contributed by atoms with E-state index in [-0.39, 0.29) is 29.1 Å². The van der Waals surface area contributed by atoms with E-state index in [4.69, 9.17) is 5.14 Å². The predicted octanol–water partition coefficient (Wildman–Crippen LogP) is 0.694. The van der Waals surface area contributed by atoms with Gasteiger partial charge in [0.15, 0.2) is 0 Å². The maximum atomic E-state index is 12.0. The van der Waals surface area contributed by atoms with E-state index in [0.29, 0.717) is 5.69 Å². The minimum absolute atomic E-state index is 0. The molecule has 0 aliphatic carbocycles. The minimum Gasteiger partial charge on any atom is -0.326 e. The van der Waals surface area contributed by atoms with Crippen molar-refractivity contribution in [2.24, 2.45) is 11.1 Å². The molecule has 1 amide bonds. The van der Waals surface area contributed by atoms with E-state index in [0.717, 1.165) is 25.9 Å². The Hall–Kier alpha value is -1.15. The summed E-state index contributed by atoms with van der Waals surface area (Å²) in [4.78, 5) is 12.0. The topological polar surface area (TPSA) is 101 Å². The summed E-state index contributed by atoms with van der Waals surface area (Å²) in [5.74, 6) is -0.0102. The zero-order valence-electron chi connectivity index (χ0n) is 10.8. The van der Waals surface area contributed by atoms with Gasteiger partial charge in [-0.1, -0.05) is 0 Å². The molecule has 112 valence electrons. The molecule has 1 aromatic rings. The van der Waals surface area contributed by atoms with Crippen LogP contribution in [-0.2, 0) is 14.8 Å². The van der Waals surface area contributed by atoms with Crippen LogP contribution in [0.1, 0.15) is 12.8 Å². The van der Waals surface area contributed by atoms with Gasteiger partial charge < -0.3 is 10.6 Å². The summed E-state index contributed by atoms with van der Waals surface area (Å²) in [7, 11) is -3.69. The van der Waals surface area contributed by atoms with Crippen molar-refractivity contribution in [1.29, 1.82) is 0 Å². The van der Waals surface area contributed by atoms with E-state index in [2.05, 4.69) is 10.6 Å². The van der Waals surface area contributed by atoms with Crippen molar-refractivity contribution in [1.82, 2.24) is 5.32 Å². The fourth-order valence-corrected chi connectivity index (χ4v) is 2.57. The molecular weight excluding hydrogens is 302 g/mol. The molecule has 6 nitrogen and oxygen atoms in total. The second-order valence-corrected chi connectivity index (χ2v) is 6.14. The average Bonchev–Trinajstić information content (AvgIpc) is 2.39. The third-order valence-electron chi connectivity index (χ3n) is 3.16. The van der Waals surface area contributed by atoms with Crippen molar-refractivity contribution in [3.8, 4) is 0 Å². The van der Waals surface area contributed by atoms with Crippen molar-refractivity contribution in [3.05, 3.63) is 24.3 Å². The number of carbonyl (C=O) groups excluding carboxylic acids is 1. The monoisotopic (exact) mass is 319 g/mol. The van der Waals surface area contributed by atoms with Crippen molar-refractivity contribution in [3.63, 3.8) is 0 Å². The maximum absolute atomic E-state index is 12.0. The van der Waals surface area contributed by atoms with Gasteiger partial charge in [-0.05, 0) is 50.2 Å². The van der Waals surface area contributed by atoms with Crippen LogP contribution in [-0.4, -0.2) is 27.4 Å². The molecule has 1 saturated heterocycles. The van der Waals surface area contributed by atoms with Crippen LogP contribution >= 0.6 is 12.4 Å². The number of hydrogen-bond acceptors (Lipinski definition) is 4. The van der Waals surface area contributed by atoms with Gasteiger partial charge in [-0.15, -0.1) is 12.4 Å². The first-order valence-electron chi connectivity index (χ1n) is 6.11. The Kier molecular flexibility index (Phi) is 5.94. The van der Waals surface area contributed by atoms with Crippen LogP contribution in [0.15, 0.2) is 29.2 Å². The fourth-order valence-electron chi connectivity index (χ4n) is 2.06.